The lowest BCUT2D eigenvalue weighted by Crippen LogP contribution is -2.34. The standard InChI is InChI=1S/C64H49N5/c1-7-19-48(20-8-1)60-45-61(49-21-9-2-10-22-49)66-64(65-60)50-33-31-46(32-34-50)47-35-37-55(38-36-47)69-62-41-39-56(67(51-23-11-3-12-24-51)52-25-13-4-14-26-52)43-58(62)59-44-57(40-42-63(59)69)68(53-27-15-5-16-28-53)54-29-17-6-18-30-54/h1-44,60-61H,45H2,(H,65,66). The molecule has 1 aromatic heterocycles. The van der Waals surface area contributed by atoms with Gasteiger partial charge in [0.1, 0.15) is 5.84 Å². The predicted molar refractivity (Wildman–Crippen MR) is 288 cm³/mol. The lowest BCUT2D eigenvalue weighted by Gasteiger charge is -2.30. The van der Waals surface area contributed by atoms with Gasteiger partial charge in [-0.3, -0.25) is 4.99 Å². The van der Waals surface area contributed by atoms with Gasteiger partial charge in [0.15, 0.2) is 0 Å². The van der Waals surface area contributed by atoms with Crippen LogP contribution in [0.15, 0.2) is 272 Å². The molecule has 330 valence electrons. The molecule has 0 aliphatic carbocycles. The van der Waals surface area contributed by atoms with Crippen LogP contribution in [-0.4, -0.2) is 10.4 Å². The molecule has 1 N–H and O–H groups in total. The van der Waals surface area contributed by atoms with Crippen molar-refractivity contribution in [3.8, 4) is 16.8 Å². The van der Waals surface area contributed by atoms with Crippen molar-refractivity contribution in [2.45, 2.75) is 18.5 Å². The number of aromatic nitrogens is 1. The highest BCUT2D eigenvalue weighted by atomic mass is 15.2. The first kappa shape index (κ1) is 41.5. The molecule has 11 aromatic rings. The number of amidine groups is 1. The SMILES string of the molecule is c1ccc(C2CC(c3ccccc3)NC(c3ccc(-c4ccc(-n5c6ccc(N(c7ccccc7)c7ccccc7)cc6c6cc(N(c7ccccc7)c7ccccc7)ccc65)cc4)cc3)=N2)cc1. The van der Waals surface area contributed by atoms with Crippen molar-refractivity contribution >= 4 is 61.8 Å². The molecule has 12 rings (SSSR count). The Kier molecular flexibility index (Phi) is 11.1. The van der Waals surface area contributed by atoms with E-state index in [0.29, 0.717) is 0 Å². The number of para-hydroxylation sites is 4. The van der Waals surface area contributed by atoms with Crippen molar-refractivity contribution in [1.82, 2.24) is 9.88 Å². The minimum atomic E-state index is 0.0669. The summed E-state index contributed by atoms with van der Waals surface area (Å²) in [6, 6.07) is 95.8. The van der Waals surface area contributed by atoms with E-state index >= 15 is 0 Å². The molecule has 1 aliphatic rings. The normalized spacial score (nSPS) is 14.5. The first-order valence-corrected chi connectivity index (χ1v) is 23.8. The fourth-order valence-electron chi connectivity index (χ4n) is 10.0. The lowest BCUT2D eigenvalue weighted by molar-refractivity contribution is 0.490. The number of aliphatic imine (C=N–C) groups is 1. The van der Waals surface area contributed by atoms with Crippen LogP contribution in [0.3, 0.4) is 0 Å². The number of nitrogens with zero attached hydrogens (tertiary/aromatic N) is 4. The Labute approximate surface area is 403 Å². The Balaban J connectivity index is 0.936. The molecule has 0 fully saturated rings. The van der Waals surface area contributed by atoms with Gasteiger partial charge in [-0.1, -0.05) is 170 Å². The van der Waals surface area contributed by atoms with Gasteiger partial charge in [-0.15, -0.1) is 0 Å². The Morgan fingerprint density at radius 2 is 0.739 bits per heavy atom. The molecule has 0 saturated heterocycles. The van der Waals surface area contributed by atoms with Crippen LogP contribution in [0.2, 0.25) is 0 Å². The number of hydrogen-bond donors (Lipinski definition) is 1. The van der Waals surface area contributed by atoms with E-state index in [0.717, 1.165) is 79.8 Å². The second-order valence-corrected chi connectivity index (χ2v) is 17.6. The molecule has 2 atom stereocenters. The van der Waals surface area contributed by atoms with Gasteiger partial charge in [-0.2, -0.15) is 0 Å². The average molecular weight is 888 g/mol. The van der Waals surface area contributed by atoms with Gasteiger partial charge in [-0.05, 0) is 126 Å². The van der Waals surface area contributed by atoms with E-state index in [9.17, 15) is 0 Å². The van der Waals surface area contributed by atoms with Gasteiger partial charge in [0.25, 0.3) is 0 Å². The highest BCUT2D eigenvalue weighted by Gasteiger charge is 2.26. The second-order valence-electron chi connectivity index (χ2n) is 17.6. The summed E-state index contributed by atoms with van der Waals surface area (Å²) in [6.45, 7) is 0. The molecule has 0 bridgehead atoms. The summed E-state index contributed by atoms with van der Waals surface area (Å²) < 4.78 is 2.41. The molecule has 5 nitrogen and oxygen atoms in total. The Bertz CT molecular complexity index is 3300. The molecule has 10 aromatic carbocycles. The van der Waals surface area contributed by atoms with E-state index in [1.807, 2.05) is 0 Å². The Morgan fingerprint density at radius 1 is 0.362 bits per heavy atom. The van der Waals surface area contributed by atoms with Crippen molar-refractivity contribution in [2.24, 2.45) is 4.99 Å². The van der Waals surface area contributed by atoms with E-state index in [2.05, 4.69) is 287 Å². The average Bonchev–Trinajstić information content (AvgIpc) is 3.75. The second kappa shape index (κ2) is 18.4. The van der Waals surface area contributed by atoms with Crippen LogP contribution in [0.1, 0.15) is 35.2 Å². The van der Waals surface area contributed by atoms with Crippen molar-refractivity contribution < 1.29 is 0 Å². The quantitative estimate of drug-likeness (QED) is 0.141. The van der Waals surface area contributed by atoms with Crippen LogP contribution in [0.5, 0.6) is 0 Å². The summed E-state index contributed by atoms with van der Waals surface area (Å²) in [4.78, 5) is 9.96. The topological polar surface area (TPSA) is 35.8 Å². The minimum absolute atomic E-state index is 0.0669. The van der Waals surface area contributed by atoms with Gasteiger partial charge < -0.3 is 19.7 Å². The van der Waals surface area contributed by atoms with Crippen LogP contribution in [0.4, 0.5) is 34.1 Å². The minimum Gasteiger partial charge on any atom is -0.363 e. The van der Waals surface area contributed by atoms with Crippen LogP contribution >= 0.6 is 0 Å². The molecule has 0 spiro atoms. The molecule has 2 heterocycles. The van der Waals surface area contributed by atoms with Crippen molar-refractivity contribution in [2.75, 3.05) is 9.80 Å². The van der Waals surface area contributed by atoms with Crippen LogP contribution in [0.25, 0.3) is 38.6 Å². The van der Waals surface area contributed by atoms with Gasteiger partial charge in [-0.25, -0.2) is 0 Å². The van der Waals surface area contributed by atoms with Crippen LogP contribution in [0, 0.1) is 0 Å². The summed E-state index contributed by atoms with van der Waals surface area (Å²) in [7, 11) is 0. The maximum absolute atomic E-state index is 5.28. The molecule has 5 heteroatoms. The third-order valence-corrected chi connectivity index (χ3v) is 13.4. The number of anilines is 6. The number of hydrogen-bond acceptors (Lipinski definition) is 4. The zero-order valence-corrected chi connectivity index (χ0v) is 38.1. The van der Waals surface area contributed by atoms with Gasteiger partial charge in [0.2, 0.25) is 0 Å². The van der Waals surface area contributed by atoms with E-state index in [4.69, 9.17) is 4.99 Å². The molecule has 0 amide bonds. The van der Waals surface area contributed by atoms with Crippen molar-refractivity contribution in [3.63, 3.8) is 0 Å². The largest absolute Gasteiger partial charge is 0.363 e. The van der Waals surface area contributed by atoms with E-state index in [1.54, 1.807) is 0 Å². The van der Waals surface area contributed by atoms with Crippen molar-refractivity contribution in [1.29, 1.82) is 0 Å². The predicted octanol–water partition coefficient (Wildman–Crippen LogP) is 16.6. The Morgan fingerprint density at radius 3 is 1.17 bits per heavy atom. The van der Waals surface area contributed by atoms with Crippen LogP contribution < -0.4 is 15.1 Å². The molecule has 1 aliphatic heterocycles. The van der Waals surface area contributed by atoms with Gasteiger partial charge in [0, 0.05) is 56.1 Å². The summed E-state index contributed by atoms with van der Waals surface area (Å²) in [5.74, 6) is 0.926. The first-order chi connectivity index (χ1) is 34.2. The number of benzene rings is 10. The smallest absolute Gasteiger partial charge is 0.129 e. The first-order valence-electron chi connectivity index (χ1n) is 23.8. The fourth-order valence-corrected chi connectivity index (χ4v) is 10.0. The van der Waals surface area contributed by atoms with Crippen molar-refractivity contribution in [3.05, 3.63) is 284 Å². The van der Waals surface area contributed by atoms with E-state index in [1.165, 1.54) is 21.9 Å². The fraction of sp³-hybridized carbons (Fsp3) is 0.0469. The summed E-state index contributed by atoms with van der Waals surface area (Å²) in [6.07, 6.45) is 0.899. The zero-order chi connectivity index (χ0) is 45.9. The molecule has 69 heavy (non-hydrogen) atoms. The van der Waals surface area contributed by atoms with E-state index < -0.39 is 0 Å². The monoisotopic (exact) mass is 887 g/mol. The Hall–Kier alpha value is -8.93. The summed E-state index contributed by atoms with van der Waals surface area (Å²) in [5.41, 5.74) is 15.9. The molecular weight excluding hydrogens is 839 g/mol. The third kappa shape index (κ3) is 8.21. The maximum Gasteiger partial charge on any atom is 0.129 e. The van der Waals surface area contributed by atoms with Gasteiger partial charge >= 0.3 is 0 Å². The molecular formula is C64H49N5. The maximum atomic E-state index is 5.28. The highest BCUT2D eigenvalue weighted by molar-refractivity contribution is 6.12. The van der Waals surface area contributed by atoms with E-state index in [-0.39, 0.29) is 12.1 Å². The number of fused-ring (bicyclic) bond motifs is 3. The zero-order valence-electron chi connectivity index (χ0n) is 38.1. The highest BCUT2D eigenvalue weighted by Crippen LogP contribution is 2.43. The van der Waals surface area contributed by atoms with Crippen LogP contribution in [-0.2, 0) is 0 Å². The molecule has 0 radical (unpaired) electrons. The summed E-state index contributed by atoms with van der Waals surface area (Å²) in [5, 5.41) is 6.13. The van der Waals surface area contributed by atoms with Gasteiger partial charge in [0.05, 0.1) is 23.1 Å². The molecule has 0 saturated carbocycles. The third-order valence-electron chi connectivity index (χ3n) is 13.4. The number of rotatable bonds is 11. The molecule has 2 unspecified atom stereocenters. The number of nitrogens with one attached hydrogen (secondary N) is 1. The summed E-state index contributed by atoms with van der Waals surface area (Å²) >= 11 is 0. The lowest BCUT2D eigenvalue weighted by atomic mass is 9.92.